The third kappa shape index (κ3) is 5.72. The van der Waals surface area contributed by atoms with E-state index in [-0.39, 0.29) is 12.3 Å². The van der Waals surface area contributed by atoms with Crippen LogP contribution < -0.4 is 15.4 Å². The number of anilines is 2. The Morgan fingerprint density at radius 3 is 2.39 bits per heavy atom. The predicted molar refractivity (Wildman–Crippen MR) is 136 cm³/mol. The normalized spacial score (nSPS) is 10.6. The van der Waals surface area contributed by atoms with Crippen molar-refractivity contribution in [2.75, 3.05) is 24.4 Å². The van der Waals surface area contributed by atoms with Gasteiger partial charge in [-0.1, -0.05) is 12.1 Å². The summed E-state index contributed by atoms with van der Waals surface area (Å²) in [6.45, 7) is 3.56. The van der Waals surface area contributed by atoms with E-state index >= 15 is 0 Å². The summed E-state index contributed by atoms with van der Waals surface area (Å²) in [7, 11) is 1.53. The van der Waals surface area contributed by atoms with E-state index in [4.69, 9.17) is 13.9 Å². The van der Waals surface area contributed by atoms with Gasteiger partial charge in [0.2, 0.25) is 0 Å². The van der Waals surface area contributed by atoms with Gasteiger partial charge in [0.05, 0.1) is 25.5 Å². The molecular formula is C28H26N2O6. The Kier molecular flexibility index (Phi) is 7.34. The summed E-state index contributed by atoms with van der Waals surface area (Å²) in [4.78, 5) is 37.0. The van der Waals surface area contributed by atoms with Crippen molar-refractivity contribution in [1.29, 1.82) is 0 Å². The van der Waals surface area contributed by atoms with Gasteiger partial charge in [-0.05, 0) is 73.5 Å². The van der Waals surface area contributed by atoms with Crippen LogP contribution in [0.2, 0.25) is 0 Å². The van der Waals surface area contributed by atoms with Crippen molar-refractivity contribution in [3.63, 3.8) is 0 Å². The first-order chi connectivity index (χ1) is 17.3. The summed E-state index contributed by atoms with van der Waals surface area (Å²) < 4.78 is 15.9. The maximum atomic E-state index is 12.5. The van der Waals surface area contributed by atoms with Crippen molar-refractivity contribution in [2.45, 2.75) is 20.3 Å². The Morgan fingerprint density at radius 2 is 1.64 bits per heavy atom. The quantitative estimate of drug-likeness (QED) is 0.338. The molecule has 8 heteroatoms. The number of amides is 2. The number of rotatable bonds is 8. The van der Waals surface area contributed by atoms with Crippen LogP contribution >= 0.6 is 0 Å². The second-order valence-corrected chi connectivity index (χ2v) is 8.31. The number of ether oxygens (including phenoxy) is 2. The molecule has 2 amide bonds. The van der Waals surface area contributed by atoms with Crippen LogP contribution in [-0.4, -0.2) is 31.5 Å². The molecule has 4 aromatic rings. The lowest BCUT2D eigenvalue weighted by molar-refractivity contribution is -0.146. The zero-order valence-corrected chi connectivity index (χ0v) is 20.2. The average molecular weight is 487 g/mol. The Balaban J connectivity index is 1.28. The van der Waals surface area contributed by atoms with Gasteiger partial charge in [0.25, 0.3) is 11.8 Å². The van der Waals surface area contributed by atoms with Crippen molar-refractivity contribution < 1.29 is 28.3 Å². The van der Waals surface area contributed by atoms with Crippen LogP contribution in [0.4, 0.5) is 11.4 Å². The number of methoxy groups -OCH3 is 1. The highest BCUT2D eigenvalue weighted by Crippen LogP contribution is 2.26. The zero-order chi connectivity index (χ0) is 25.7. The minimum atomic E-state index is -0.533. The summed E-state index contributed by atoms with van der Waals surface area (Å²) in [6, 6.07) is 17.4. The van der Waals surface area contributed by atoms with Gasteiger partial charge >= 0.3 is 5.97 Å². The van der Waals surface area contributed by atoms with Crippen molar-refractivity contribution in [3.8, 4) is 5.75 Å². The Morgan fingerprint density at radius 1 is 0.917 bits per heavy atom. The summed E-state index contributed by atoms with van der Waals surface area (Å²) in [5.74, 6) is -0.786. The minimum Gasteiger partial charge on any atom is -0.495 e. The van der Waals surface area contributed by atoms with Crippen LogP contribution in [-0.2, 0) is 20.7 Å². The van der Waals surface area contributed by atoms with Crippen molar-refractivity contribution in [3.05, 3.63) is 89.2 Å². The van der Waals surface area contributed by atoms with Gasteiger partial charge in [-0.25, -0.2) is 0 Å². The maximum Gasteiger partial charge on any atom is 0.310 e. The molecule has 0 aliphatic carbocycles. The molecule has 0 aliphatic heterocycles. The Hall–Kier alpha value is -4.59. The van der Waals surface area contributed by atoms with E-state index in [9.17, 15) is 14.4 Å². The summed E-state index contributed by atoms with van der Waals surface area (Å²) in [5, 5.41) is 6.29. The summed E-state index contributed by atoms with van der Waals surface area (Å²) in [5.41, 5.74) is 5.05. The molecule has 0 unspecified atom stereocenters. The molecule has 0 saturated carbocycles. The molecular weight excluding hydrogens is 460 g/mol. The van der Waals surface area contributed by atoms with Gasteiger partial charge in [-0.15, -0.1) is 0 Å². The van der Waals surface area contributed by atoms with Crippen LogP contribution in [0.3, 0.4) is 0 Å². The van der Waals surface area contributed by atoms with E-state index in [0.717, 1.165) is 16.5 Å². The molecule has 4 rings (SSSR count). The number of benzene rings is 3. The lowest BCUT2D eigenvalue weighted by Gasteiger charge is -2.10. The van der Waals surface area contributed by atoms with Gasteiger partial charge in [-0.3, -0.25) is 14.4 Å². The van der Waals surface area contributed by atoms with Crippen molar-refractivity contribution in [2.24, 2.45) is 0 Å². The van der Waals surface area contributed by atoms with Gasteiger partial charge < -0.3 is 24.5 Å². The lowest BCUT2D eigenvalue weighted by atomic mass is 10.0. The molecule has 1 aromatic heterocycles. The smallest absolute Gasteiger partial charge is 0.310 e. The zero-order valence-electron chi connectivity index (χ0n) is 20.2. The van der Waals surface area contributed by atoms with Crippen LogP contribution in [0.15, 0.2) is 71.3 Å². The van der Waals surface area contributed by atoms with E-state index in [2.05, 4.69) is 10.6 Å². The van der Waals surface area contributed by atoms with E-state index in [1.54, 1.807) is 42.5 Å². The fourth-order valence-electron chi connectivity index (χ4n) is 3.67. The average Bonchev–Trinajstić information content (AvgIpc) is 3.24. The third-order valence-corrected chi connectivity index (χ3v) is 5.76. The highest BCUT2D eigenvalue weighted by Gasteiger charge is 2.15. The van der Waals surface area contributed by atoms with Gasteiger partial charge in [0, 0.05) is 22.2 Å². The number of furan rings is 1. The number of esters is 1. The van der Waals surface area contributed by atoms with E-state index in [1.165, 1.54) is 13.4 Å². The van der Waals surface area contributed by atoms with Gasteiger partial charge in [0.15, 0.2) is 6.61 Å². The second-order valence-electron chi connectivity index (χ2n) is 8.31. The Labute approximate surface area is 208 Å². The Bertz CT molecular complexity index is 1420. The number of nitrogens with one attached hydrogen (secondary N) is 2. The molecule has 3 aromatic carbocycles. The molecule has 0 fully saturated rings. The van der Waals surface area contributed by atoms with Gasteiger partial charge in [0.1, 0.15) is 11.3 Å². The largest absolute Gasteiger partial charge is 0.495 e. The highest BCUT2D eigenvalue weighted by atomic mass is 16.5. The molecule has 8 nitrogen and oxygen atoms in total. The highest BCUT2D eigenvalue weighted by molar-refractivity contribution is 6.05. The van der Waals surface area contributed by atoms with Crippen molar-refractivity contribution in [1.82, 2.24) is 0 Å². The maximum absolute atomic E-state index is 12.5. The number of hydrogen-bond acceptors (Lipinski definition) is 6. The summed E-state index contributed by atoms with van der Waals surface area (Å²) in [6.07, 6.45) is 1.54. The van der Waals surface area contributed by atoms with Crippen LogP contribution in [0.1, 0.15) is 27.0 Å². The second kappa shape index (κ2) is 10.8. The third-order valence-electron chi connectivity index (χ3n) is 5.76. The van der Waals surface area contributed by atoms with E-state index in [1.807, 2.05) is 32.0 Å². The first kappa shape index (κ1) is 24.5. The minimum absolute atomic E-state index is 0.00120. The predicted octanol–water partition coefficient (Wildman–Crippen LogP) is 5.03. The van der Waals surface area contributed by atoms with Crippen LogP contribution in [0.5, 0.6) is 5.75 Å². The molecule has 0 radical (unpaired) electrons. The molecule has 36 heavy (non-hydrogen) atoms. The standard InChI is InChI=1S/C28H26N2O6/c1-17-12-22-20(15-35-25(22)13-18(17)2)14-27(32)36-16-26(31)29-21-10-8-19(9-11-21)28(33)30-23-6-4-5-7-24(23)34-3/h4-13,15H,14,16H2,1-3H3,(H,29,31)(H,30,33). The molecule has 0 aliphatic rings. The monoisotopic (exact) mass is 486 g/mol. The fraction of sp³-hybridized carbons (Fsp3) is 0.179. The molecule has 1 heterocycles. The van der Waals surface area contributed by atoms with E-state index in [0.29, 0.717) is 33.8 Å². The van der Waals surface area contributed by atoms with E-state index < -0.39 is 18.5 Å². The fourth-order valence-corrected chi connectivity index (χ4v) is 3.67. The lowest BCUT2D eigenvalue weighted by Crippen LogP contribution is -2.21. The molecule has 184 valence electrons. The molecule has 2 N–H and O–H groups in total. The molecule has 0 saturated heterocycles. The number of para-hydroxylation sites is 2. The first-order valence-electron chi connectivity index (χ1n) is 11.3. The van der Waals surface area contributed by atoms with Crippen LogP contribution in [0, 0.1) is 13.8 Å². The summed E-state index contributed by atoms with van der Waals surface area (Å²) >= 11 is 0. The number of carbonyl (C=O) groups excluding carboxylic acids is 3. The number of aryl methyl sites for hydroxylation is 2. The van der Waals surface area contributed by atoms with Gasteiger partial charge in [-0.2, -0.15) is 0 Å². The number of fused-ring (bicyclic) bond motifs is 1. The number of carbonyl (C=O) groups is 3. The molecule has 0 bridgehead atoms. The topological polar surface area (TPSA) is 107 Å². The molecule has 0 atom stereocenters. The first-order valence-corrected chi connectivity index (χ1v) is 11.3. The molecule has 0 spiro atoms. The van der Waals surface area contributed by atoms with Crippen molar-refractivity contribution >= 4 is 40.1 Å². The SMILES string of the molecule is COc1ccccc1NC(=O)c1ccc(NC(=O)COC(=O)Cc2coc3cc(C)c(C)cc23)cc1. The van der Waals surface area contributed by atoms with Crippen LogP contribution in [0.25, 0.3) is 11.0 Å². The number of hydrogen-bond donors (Lipinski definition) is 2.